The molecule has 1 unspecified atom stereocenters. The van der Waals surface area contributed by atoms with Gasteiger partial charge in [-0.05, 0) is 50.7 Å². The Labute approximate surface area is 136 Å². The molecule has 23 heavy (non-hydrogen) atoms. The molecule has 5 rings (SSSR count). The zero-order chi connectivity index (χ0) is 15.4. The summed E-state index contributed by atoms with van der Waals surface area (Å²) in [7, 11) is 0. The average molecular weight is 312 g/mol. The number of rotatable bonds is 6. The summed E-state index contributed by atoms with van der Waals surface area (Å²) in [6.07, 6.45) is 5.28. The summed E-state index contributed by atoms with van der Waals surface area (Å²) in [6, 6.07) is 4.82. The molecule has 6 heteroatoms. The lowest BCUT2D eigenvalue weighted by atomic mass is 9.99. The molecular formula is C17H24N6. The van der Waals surface area contributed by atoms with Gasteiger partial charge in [-0.1, -0.05) is 0 Å². The van der Waals surface area contributed by atoms with Gasteiger partial charge < -0.3 is 10.2 Å². The van der Waals surface area contributed by atoms with Crippen LogP contribution in [0.5, 0.6) is 0 Å². The molecule has 3 aliphatic rings. The van der Waals surface area contributed by atoms with Gasteiger partial charge in [0.1, 0.15) is 5.82 Å². The van der Waals surface area contributed by atoms with E-state index in [0.29, 0.717) is 12.0 Å². The smallest absolute Gasteiger partial charge is 0.178 e. The van der Waals surface area contributed by atoms with Crippen LogP contribution >= 0.6 is 0 Å². The minimum atomic E-state index is 0.574. The van der Waals surface area contributed by atoms with Gasteiger partial charge in [0.15, 0.2) is 11.5 Å². The number of anilines is 1. The third kappa shape index (κ3) is 2.59. The first-order valence-electron chi connectivity index (χ1n) is 8.98. The maximum atomic E-state index is 4.78. The molecule has 0 aromatic carbocycles. The first-order chi connectivity index (χ1) is 11.3. The second kappa shape index (κ2) is 5.16. The molecule has 2 aromatic heterocycles. The van der Waals surface area contributed by atoms with Gasteiger partial charge >= 0.3 is 0 Å². The third-order valence-corrected chi connectivity index (χ3v) is 5.55. The number of nitrogens with one attached hydrogen (secondary N) is 1. The van der Waals surface area contributed by atoms with Crippen LogP contribution in [-0.2, 0) is 0 Å². The molecule has 2 aromatic rings. The van der Waals surface area contributed by atoms with Crippen molar-refractivity contribution >= 4 is 11.5 Å². The van der Waals surface area contributed by atoms with E-state index in [1.807, 2.05) is 10.6 Å². The van der Waals surface area contributed by atoms with E-state index in [1.165, 1.54) is 25.7 Å². The number of hydrogen-bond donors (Lipinski definition) is 1. The normalized spacial score (nSPS) is 23.3. The molecule has 2 aliphatic carbocycles. The van der Waals surface area contributed by atoms with Crippen molar-refractivity contribution < 1.29 is 0 Å². The molecule has 1 N–H and O–H groups in total. The molecule has 6 nitrogen and oxygen atoms in total. The molecule has 0 radical (unpaired) electrons. The van der Waals surface area contributed by atoms with Crippen molar-refractivity contribution in [2.24, 2.45) is 11.8 Å². The van der Waals surface area contributed by atoms with E-state index in [9.17, 15) is 0 Å². The molecule has 3 fully saturated rings. The number of nitrogens with zero attached hydrogens (tertiary/aromatic N) is 5. The van der Waals surface area contributed by atoms with Crippen molar-refractivity contribution in [1.82, 2.24) is 25.1 Å². The van der Waals surface area contributed by atoms with Gasteiger partial charge in [-0.25, -0.2) is 0 Å². The van der Waals surface area contributed by atoms with Crippen LogP contribution < -0.4 is 10.2 Å². The topological polar surface area (TPSA) is 58.3 Å². The van der Waals surface area contributed by atoms with E-state index in [-0.39, 0.29) is 0 Å². The maximum absolute atomic E-state index is 4.78. The Bertz CT molecular complexity index is 711. The van der Waals surface area contributed by atoms with Gasteiger partial charge in [0, 0.05) is 37.5 Å². The van der Waals surface area contributed by atoms with Crippen LogP contribution in [0.25, 0.3) is 5.65 Å². The molecular weight excluding hydrogens is 288 g/mol. The number of fused-ring (bicyclic) bond motifs is 1. The maximum Gasteiger partial charge on any atom is 0.178 e. The lowest BCUT2D eigenvalue weighted by molar-refractivity contribution is 0.354. The lowest BCUT2D eigenvalue weighted by Crippen LogP contribution is -2.52. The average Bonchev–Trinajstić information content (AvgIpc) is 3.42. The van der Waals surface area contributed by atoms with Crippen molar-refractivity contribution in [3.05, 3.63) is 18.0 Å². The summed E-state index contributed by atoms with van der Waals surface area (Å²) >= 11 is 0. The predicted octanol–water partition coefficient (Wildman–Crippen LogP) is 1.83. The van der Waals surface area contributed by atoms with E-state index >= 15 is 0 Å². The molecule has 2 saturated carbocycles. The summed E-state index contributed by atoms with van der Waals surface area (Å²) in [5, 5.41) is 17.0. The molecule has 1 atom stereocenters. The van der Waals surface area contributed by atoms with E-state index in [1.54, 1.807) is 0 Å². The number of hydrogen-bond acceptors (Lipinski definition) is 5. The van der Waals surface area contributed by atoms with Crippen LogP contribution in [0.1, 0.15) is 44.3 Å². The van der Waals surface area contributed by atoms with Crippen molar-refractivity contribution in [2.75, 3.05) is 24.5 Å². The summed E-state index contributed by atoms with van der Waals surface area (Å²) < 4.78 is 1.95. The standard InChI is InChI=1S/C17H24N6/c1-11(13-2-3-13)18-8-12-9-22(10-12)16-7-6-15-19-20-17(14-4-5-14)23(15)21-16/h6-7,11-14,18H,2-5,8-10H2,1H3. The van der Waals surface area contributed by atoms with Crippen LogP contribution in [0.2, 0.25) is 0 Å². The Morgan fingerprint density at radius 2 is 2.00 bits per heavy atom. The Kier molecular flexibility index (Phi) is 3.08. The van der Waals surface area contributed by atoms with Gasteiger partial charge in [0.25, 0.3) is 0 Å². The molecule has 122 valence electrons. The number of aromatic nitrogens is 4. The van der Waals surface area contributed by atoms with Crippen LogP contribution in [0.3, 0.4) is 0 Å². The van der Waals surface area contributed by atoms with Crippen molar-refractivity contribution in [3.8, 4) is 0 Å². The van der Waals surface area contributed by atoms with Crippen LogP contribution in [-0.4, -0.2) is 45.5 Å². The highest BCUT2D eigenvalue weighted by Gasteiger charge is 2.32. The van der Waals surface area contributed by atoms with E-state index in [2.05, 4.69) is 33.4 Å². The van der Waals surface area contributed by atoms with Crippen molar-refractivity contribution in [3.63, 3.8) is 0 Å². The van der Waals surface area contributed by atoms with E-state index < -0.39 is 0 Å². The molecule has 0 bridgehead atoms. The highest BCUT2D eigenvalue weighted by molar-refractivity contribution is 5.47. The fourth-order valence-electron chi connectivity index (χ4n) is 3.56. The highest BCUT2D eigenvalue weighted by Crippen LogP contribution is 2.39. The Balaban J connectivity index is 1.22. The summed E-state index contributed by atoms with van der Waals surface area (Å²) in [4.78, 5) is 2.37. The quantitative estimate of drug-likeness (QED) is 0.882. The molecule has 1 aliphatic heterocycles. The fourth-order valence-corrected chi connectivity index (χ4v) is 3.56. The largest absolute Gasteiger partial charge is 0.354 e. The van der Waals surface area contributed by atoms with Gasteiger partial charge in [-0.2, -0.15) is 4.52 Å². The monoisotopic (exact) mass is 312 g/mol. The Morgan fingerprint density at radius 1 is 1.17 bits per heavy atom. The Hall–Kier alpha value is -1.69. The van der Waals surface area contributed by atoms with Crippen molar-refractivity contribution in [2.45, 2.75) is 44.6 Å². The zero-order valence-electron chi connectivity index (χ0n) is 13.6. The van der Waals surface area contributed by atoms with Crippen LogP contribution in [0, 0.1) is 11.8 Å². The van der Waals surface area contributed by atoms with E-state index in [0.717, 1.165) is 48.8 Å². The molecule has 3 heterocycles. The lowest BCUT2D eigenvalue weighted by Gasteiger charge is -2.40. The zero-order valence-corrected chi connectivity index (χ0v) is 13.6. The second-order valence-corrected chi connectivity index (χ2v) is 7.60. The molecule has 0 spiro atoms. The van der Waals surface area contributed by atoms with Gasteiger partial charge in [0.2, 0.25) is 0 Å². The summed E-state index contributed by atoms with van der Waals surface area (Å²) in [6.45, 7) is 5.67. The SMILES string of the molecule is CC(NCC1CN(c2ccc3nnc(C4CC4)n3n2)C1)C1CC1. The van der Waals surface area contributed by atoms with Gasteiger partial charge in [0.05, 0.1) is 0 Å². The van der Waals surface area contributed by atoms with E-state index in [4.69, 9.17) is 5.10 Å². The minimum Gasteiger partial charge on any atom is -0.354 e. The third-order valence-electron chi connectivity index (χ3n) is 5.55. The first kappa shape index (κ1) is 13.7. The second-order valence-electron chi connectivity index (χ2n) is 7.60. The summed E-state index contributed by atoms with van der Waals surface area (Å²) in [5.74, 6) is 4.36. The minimum absolute atomic E-state index is 0.574. The van der Waals surface area contributed by atoms with Crippen LogP contribution in [0.4, 0.5) is 5.82 Å². The van der Waals surface area contributed by atoms with Gasteiger partial charge in [-0.3, -0.25) is 0 Å². The van der Waals surface area contributed by atoms with Gasteiger partial charge in [-0.15, -0.1) is 15.3 Å². The molecule has 1 saturated heterocycles. The predicted molar refractivity (Wildman–Crippen MR) is 88.6 cm³/mol. The van der Waals surface area contributed by atoms with Crippen molar-refractivity contribution in [1.29, 1.82) is 0 Å². The summed E-state index contributed by atoms with van der Waals surface area (Å²) in [5.41, 5.74) is 0.868. The van der Waals surface area contributed by atoms with Crippen LogP contribution in [0.15, 0.2) is 12.1 Å². The fraction of sp³-hybridized carbons (Fsp3) is 0.706. The first-order valence-corrected chi connectivity index (χ1v) is 8.98. The highest BCUT2D eigenvalue weighted by atomic mass is 15.4. The molecule has 0 amide bonds. The Morgan fingerprint density at radius 3 is 2.74 bits per heavy atom.